The first-order valence-corrected chi connectivity index (χ1v) is 6.02. The molecule has 0 atom stereocenters. The van der Waals surface area contributed by atoms with Crippen molar-refractivity contribution < 1.29 is 9.59 Å². The Balaban J connectivity index is 2.66. The number of aromatic nitrogens is 1. The molecule has 0 fully saturated rings. The van der Waals surface area contributed by atoms with E-state index in [1.807, 2.05) is 20.9 Å². The van der Waals surface area contributed by atoms with Gasteiger partial charge in [0.05, 0.1) is 6.54 Å². The number of rotatable bonds is 6. The van der Waals surface area contributed by atoms with E-state index in [1.165, 1.54) is 6.20 Å². The van der Waals surface area contributed by atoms with Gasteiger partial charge in [-0.05, 0) is 26.0 Å². The first kappa shape index (κ1) is 14.2. The molecule has 98 valence electrons. The Labute approximate surface area is 107 Å². The number of hydrogen-bond donors (Lipinski definition) is 0. The molecule has 18 heavy (non-hydrogen) atoms. The molecular formula is C13H19N3O2. The van der Waals surface area contributed by atoms with E-state index in [1.54, 1.807) is 21.9 Å². The average Bonchev–Trinajstić information content (AvgIpc) is 2.40. The Morgan fingerprint density at radius 1 is 1.33 bits per heavy atom. The van der Waals surface area contributed by atoms with Crippen molar-refractivity contribution in [1.82, 2.24) is 9.88 Å². The number of anilines is 1. The highest BCUT2D eigenvalue weighted by Crippen LogP contribution is 2.08. The molecule has 0 unspecified atom stereocenters. The lowest BCUT2D eigenvalue weighted by molar-refractivity contribution is -0.129. The van der Waals surface area contributed by atoms with Gasteiger partial charge >= 0.3 is 0 Å². The number of aldehydes is 1. The zero-order valence-corrected chi connectivity index (χ0v) is 11.1. The van der Waals surface area contributed by atoms with Gasteiger partial charge in [-0.25, -0.2) is 4.98 Å². The number of likely N-dealkylation sites (N-methyl/N-ethyl adjacent to an activating group) is 2. The van der Waals surface area contributed by atoms with Gasteiger partial charge in [-0.15, -0.1) is 0 Å². The molecule has 0 aromatic carbocycles. The topological polar surface area (TPSA) is 53.5 Å². The number of carbonyl (C=O) groups is 2. The predicted molar refractivity (Wildman–Crippen MR) is 70.8 cm³/mol. The van der Waals surface area contributed by atoms with Crippen molar-refractivity contribution in [1.29, 1.82) is 0 Å². The van der Waals surface area contributed by atoms with Gasteiger partial charge in [-0.3, -0.25) is 9.59 Å². The van der Waals surface area contributed by atoms with Gasteiger partial charge in [-0.1, -0.05) is 0 Å². The van der Waals surface area contributed by atoms with E-state index in [2.05, 4.69) is 4.98 Å². The molecular weight excluding hydrogens is 230 g/mol. The highest BCUT2D eigenvalue weighted by Gasteiger charge is 2.13. The number of carbonyl (C=O) groups excluding carboxylic acids is 2. The molecule has 1 heterocycles. The van der Waals surface area contributed by atoms with Crippen LogP contribution in [0.2, 0.25) is 0 Å². The van der Waals surface area contributed by atoms with Crippen LogP contribution in [0.5, 0.6) is 0 Å². The molecule has 1 aromatic rings. The lowest BCUT2D eigenvalue weighted by Crippen LogP contribution is -2.39. The molecule has 0 aliphatic carbocycles. The number of amides is 1. The van der Waals surface area contributed by atoms with Crippen molar-refractivity contribution >= 4 is 18.0 Å². The monoisotopic (exact) mass is 249 g/mol. The molecule has 0 saturated heterocycles. The van der Waals surface area contributed by atoms with Crippen molar-refractivity contribution in [2.45, 2.75) is 13.8 Å². The summed E-state index contributed by atoms with van der Waals surface area (Å²) in [6.07, 6.45) is 2.25. The van der Waals surface area contributed by atoms with Gasteiger partial charge in [0.2, 0.25) is 5.91 Å². The highest BCUT2D eigenvalue weighted by atomic mass is 16.2. The van der Waals surface area contributed by atoms with Crippen molar-refractivity contribution in [2.24, 2.45) is 0 Å². The summed E-state index contributed by atoms with van der Waals surface area (Å²) in [7, 11) is 1.81. The molecule has 0 bridgehead atoms. The third-order valence-corrected chi connectivity index (χ3v) is 2.79. The molecule has 1 aromatic heterocycles. The van der Waals surface area contributed by atoms with Gasteiger partial charge in [0.15, 0.2) is 6.29 Å². The summed E-state index contributed by atoms with van der Waals surface area (Å²) in [4.78, 5) is 30.1. The van der Waals surface area contributed by atoms with E-state index in [-0.39, 0.29) is 12.5 Å². The maximum Gasteiger partial charge on any atom is 0.242 e. The molecule has 1 rings (SSSR count). The summed E-state index contributed by atoms with van der Waals surface area (Å²) in [5.41, 5.74) is 0.530. The first-order chi connectivity index (χ1) is 8.62. The number of nitrogens with zero attached hydrogens (tertiary/aromatic N) is 3. The van der Waals surface area contributed by atoms with E-state index in [0.717, 1.165) is 6.29 Å². The largest absolute Gasteiger partial charge is 0.350 e. The van der Waals surface area contributed by atoms with Crippen LogP contribution in [0.1, 0.15) is 24.2 Å². The van der Waals surface area contributed by atoms with Crippen molar-refractivity contribution in [3.63, 3.8) is 0 Å². The summed E-state index contributed by atoms with van der Waals surface area (Å²) in [5, 5.41) is 0. The second-order valence-electron chi connectivity index (χ2n) is 3.99. The molecule has 0 saturated carbocycles. The number of pyridine rings is 1. The fraction of sp³-hybridized carbons (Fsp3) is 0.462. The average molecular weight is 249 g/mol. The Morgan fingerprint density at radius 3 is 2.44 bits per heavy atom. The van der Waals surface area contributed by atoms with E-state index in [9.17, 15) is 9.59 Å². The van der Waals surface area contributed by atoms with Crippen LogP contribution in [0.3, 0.4) is 0 Å². The molecule has 0 aliphatic heterocycles. The lowest BCUT2D eigenvalue weighted by atomic mass is 10.3. The van der Waals surface area contributed by atoms with Crippen LogP contribution in [0, 0.1) is 0 Å². The summed E-state index contributed by atoms with van der Waals surface area (Å²) in [5.74, 6) is 0.755. The minimum absolute atomic E-state index is 0.0729. The van der Waals surface area contributed by atoms with Crippen molar-refractivity contribution in [2.75, 3.05) is 31.6 Å². The van der Waals surface area contributed by atoms with E-state index in [0.29, 0.717) is 24.5 Å². The highest BCUT2D eigenvalue weighted by molar-refractivity contribution is 5.81. The maximum atomic E-state index is 11.9. The Hall–Kier alpha value is -1.91. The van der Waals surface area contributed by atoms with Gasteiger partial charge in [0, 0.05) is 31.9 Å². The second kappa shape index (κ2) is 6.74. The van der Waals surface area contributed by atoms with Crippen LogP contribution in [0.15, 0.2) is 18.3 Å². The first-order valence-electron chi connectivity index (χ1n) is 6.02. The van der Waals surface area contributed by atoms with Gasteiger partial charge in [-0.2, -0.15) is 0 Å². The van der Waals surface area contributed by atoms with E-state index in [4.69, 9.17) is 0 Å². The third kappa shape index (κ3) is 3.55. The molecule has 0 radical (unpaired) electrons. The quantitative estimate of drug-likeness (QED) is 0.711. The zero-order valence-electron chi connectivity index (χ0n) is 11.1. The maximum absolute atomic E-state index is 11.9. The standard InChI is InChI=1S/C13H19N3O2/c1-4-16(5-2)13(18)9-15(3)12-7-6-11(10-17)8-14-12/h6-8,10H,4-5,9H2,1-3H3. The lowest BCUT2D eigenvalue weighted by Gasteiger charge is -2.23. The molecule has 0 spiro atoms. The van der Waals surface area contributed by atoms with E-state index < -0.39 is 0 Å². The molecule has 0 aliphatic rings. The fourth-order valence-corrected chi connectivity index (χ4v) is 1.65. The third-order valence-electron chi connectivity index (χ3n) is 2.79. The van der Waals surface area contributed by atoms with Crippen LogP contribution in [-0.4, -0.2) is 48.8 Å². The molecule has 5 nitrogen and oxygen atoms in total. The Morgan fingerprint density at radius 2 is 2.00 bits per heavy atom. The van der Waals surface area contributed by atoms with Crippen LogP contribution in [-0.2, 0) is 4.79 Å². The smallest absolute Gasteiger partial charge is 0.242 e. The van der Waals surface area contributed by atoms with Gasteiger partial charge in [0.1, 0.15) is 5.82 Å². The second-order valence-corrected chi connectivity index (χ2v) is 3.99. The molecule has 5 heteroatoms. The summed E-state index contributed by atoms with van der Waals surface area (Å²) >= 11 is 0. The van der Waals surface area contributed by atoms with Crippen LogP contribution in [0.25, 0.3) is 0 Å². The summed E-state index contributed by atoms with van der Waals surface area (Å²) in [6.45, 7) is 5.62. The minimum Gasteiger partial charge on any atom is -0.350 e. The fourth-order valence-electron chi connectivity index (χ4n) is 1.65. The molecule has 0 N–H and O–H groups in total. The summed E-state index contributed by atoms with van der Waals surface area (Å²) < 4.78 is 0. The normalized spacial score (nSPS) is 9.94. The minimum atomic E-state index is 0.0729. The van der Waals surface area contributed by atoms with Crippen LogP contribution < -0.4 is 4.90 Å². The number of hydrogen-bond acceptors (Lipinski definition) is 4. The van der Waals surface area contributed by atoms with Crippen LogP contribution in [0.4, 0.5) is 5.82 Å². The van der Waals surface area contributed by atoms with Crippen LogP contribution >= 0.6 is 0 Å². The zero-order chi connectivity index (χ0) is 13.5. The van der Waals surface area contributed by atoms with Gasteiger partial charge in [0.25, 0.3) is 0 Å². The Kier molecular flexibility index (Phi) is 5.30. The molecule has 1 amide bonds. The Bertz CT molecular complexity index is 399. The summed E-state index contributed by atoms with van der Waals surface area (Å²) in [6, 6.07) is 3.42. The predicted octanol–water partition coefficient (Wildman–Crippen LogP) is 1.20. The van der Waals surface area contributed by atoms with E-state index >= 15 is 0 Å². The van der Waals surface area contributed by atoms with Crippen molar-refractivity contribution in [3.8, 4) is 0 Å². The van der Waals surface area contributed by atoms with Crippen molar-refractivity contribution in [3.05, 3.63) is 23.9 Å². The SMILES string of the molecule is CCN(CC)C(=O)CN(C)c1ccc(C=O)cn1. The van der Waals surface area contributed by atoms with Gasteiger partial charge < -0.3 is 9.80 Å².